The number of fused-ring (bicyclic) bond motifs is 1. The molecule has 0 aliphatic carbocycles. The number of aliphatic hydroxyl groups excluding tert-OH is 1. The Bertz CT molecular complexity index is 1250. The summed E-state index contributed by atoms with van der Waals surface area (Å²) in [5, 5.41) is 11.5. The summed E-state index contributed by atoms with van der Waals surface area (Å²) in [7, 11) is 0. The molecule has 2 fully saturated rings. The van der Waals surface area contributed by atoms with E-state index in [1.54, 1.807) is 30.3 Å². The summed E-state index contributed by atoms with van der Waals surface area (Å²) < 4.78 is 28.3. The van der Waals surface area contributed by atoms with Crippen LogP contribution >= 0.6 is 0 Å². The first-order valence-electron chi connectivity index (χ1n) is 13.4. The van der Waals surface area contributed by atoms with Crippen LogP contribution in [0.2, 0.25) is 0 Å². The Morgan fingerprint density at radius 2 is 1.62 bits per heavy atom. The lowest BCUT2D eigenvalue weighted by Gasteiger charge is -2.31. The molecule has 1 N–H and O–H groups in total. The SMILES string of the molecule is CCOc1ccc([C@@H]2C(=C(O)c3ccc4c(c3)OCCO4)C(=O)C(=O)N2CCN2CCOCC2)cc1OCC. The highest BCUT2D eigenvalue weighted by Crippen LogP contribution is 2.43. The van der Waals surface area contributed by atoms with E-state index in [9.17, 15) is 14.7 Å². The van der Waals surface area contributed by atoms with Gasteiger partial charge in [0.1, 0.15) is 19.0 Å². The van der Waals surface area contributed by atoms with Crippen LogP contribution in [0.1, 0.15) is 31.0 Å². The first-order chi connectivity index (χ1) is 19.0. The first kappa shape index (κ1) is 26.8. The van der Waals surface area contributed by atoms with E-state index in [2.05, 4.69) is 4.90 Å². The average Bonchev–Trinajstić information content (AvgIpc) is 3.22. The molecule has 39 heavy (non-hydrogen) atoms. The van der Waals surface area contributed by atoms with Gasteiger partial charge in [-0.25, -0.2) is 0 Å². The lowest BCUT2D eigenvalue weighted by Crippen LogP contribution is -2.42. The lowest BCUT2D eigenvalue weighted by atomic mass is 9.94. The zero-order valence-electron chi connectivity index (χ0n) is 22.3. The number of carbonyl (C=O) groups excluding carboxylic acids is 2. The normalized spacial score (nSPS) is 20.8. The number of nitrogens with zero attached hydrogens (tertiary/aromatic N) is 2. The number of aliphatic hydroxyl groups is 1. The van der Waals surface area contributed by atoms with Crippen molar-refractivity contribution in [3.8, 4) is 23.0 Å². The second-order valence-corrected chi connectivity index (χ2v) is 9.38. The van der Waals surface area contributed by atoms with E-state index in [-0.39, 0.29) is 11.3 Å². The number of hydrogen-bond donors (Lipinski definition) is 1. The third kappa shape index (κ3) is 5.53. The second kappa shape index (κ2) is 12.0. The van der Waals surface area contributed by atoms with Gasteiger partial charge in [-0.3, -0.25) is 14.5 Å². The minimum atomic E-state index is -0.811. The van der Waals surface area contributed by atoms with E-state index >= 15 is 0 Å². The smallest absolute Gasteiger partial charge is 0.295 e. The van der Waals surface area contributed by atoms with Crippen LogP contribution in [0.5, 0.6) is 23.0 Å². The molecule has 3 aliphatic rings. The van der Waals surface area contributed by atoms with Gasteiger partial charge in [-0.05, 0) is 49.7 Å². The van der Waals surface area contributed by atoms with Crippen LogP contribution < -0.4 is 18.9 Å². The van der Waals surface area contributed by atoms with E-state index in [1.807, 2.05) is 19.9 Å². The Balaban J connectivity index is 1.57. The van der Waals surface area contributed by atoms with Crippen molar-refractivity contribution in [2.45, 2.75) is 19.9 Å². The van der Waals surface area contributed by atoms with Crippen LogP contribution in [0.3, 0.4) is 0 Å². The minimum Gasteiger partial charge on any atom is -0.507 e. The summed E-state index contributed by atoms with van der Waals surface area (Å²) in [4.78, 5) is 30.6. The summed E-state index contributed by atoms with van der Waals surface area (Å²) >= 11 is 0. The van der Waals surface area contributed by atoms with Gasteiger partial charge in [-0.15, -0.1) is 0 Å². The molecule has 3 heterocycles. The van der Waals surface area contributed by atoms with Crippen molar-refractivity contribution in [3.05, 3.63) is 53.1 Å². The third-order valence-corrected chi connectivity index (χ3v) is 7.00. The number of likely N-dealkylation sites (tertiary alicyclic amines) is 1. The summed E-state index contributed by atoms with van der Waals surface area (Å²) in [6.07, 6.45) is 0. The highest BCUT2D eigenvalue weighted by molar-refractivity contribution is 6.46. The number of rotatable bonds is 9. The quantitative estimate of drug-likeness (QED) is 0.293. The molecular weight excluding hydrogens is 504 g/mol. The number of Topliss-reactive ketones (excluding diaryl/α,β-unsaturated/α-hetero) is 1. The van der Waals surface area contributed by atoms with E-state index in [0.29, 0.717) is 86.9 Å². The molecule has 0 radical (unpaired) electrons. The average molecular weight is 539 g/mol. The molecule has 1 atom stereocenters. The predicted octanol–water partition coefficient (Wildman–Crippen LogP) is 3.01. The molecule has 3 aliphatic heterocycles. The van der Waals surface area contributed by atoms with Crippen LogP contribution in [0, 0.1) is 0 Å². The van der Waals surface area contributed by atoms with Crippen molar-refractivity contribution in [2.75, 3.05) is 65.8 Å². The lowest BCUT2D eigenvalue weighted by molar-refractivity contribution is -0.140. The molecule has 5 rings (SSSR count). The van der Waals surface area contributed by atoms with Gasteiger partial charge in [0.15, 0.2) is 23.0 Å². The molecule has 0 spiro atoms. The molecule has 0 aromatic heterocycles. The minimum absolute atomic E-state index is 0.0188. The van der Waals surface area contributed by atoms with E-state index in [4.69, 9.17) is 23.7 Å². The number of benzene rings is 2. The van der Waals surface area contributed by atoms with E-state index in [1.165, 1.54) is 4.90 Å². The largest absolute Gasteiger partial charge is 0.507 e. The highest BCUT2D eigenvalue weighted by atomic mass is 16.6. The molecule has 0 saturated carbocycles. The number of morpholine rings is 1. The number of carbonyl (C=O) groups is 2. The molecule has 2 aromatic carbocycles. The zero-order chi connectivity index (χ0) is 27.4. The van der Waals surface area contributed by atoms with Gasteiger partial charge in [-0.1, -0.05) is 6.07 Å². The monoisotopic (exact) mass is 538 g/mol. The summed E-state index contributed by atoms with van der Waals surface area (Å²) in [6.45, 7) is 9.10. The van der Waals surface area contributed by atoms with Gasteiger partial charge >= 0.3 is 0 Å². The highest BCUT2D eigenvalue weighted by Gasteiger charge is 2.46. The number of hydrogen-bond acceptors (Lipinski definition) is 9. The summed E-state index contributed by atoms with van der Waals surface area (Å²) in [5.74, 6) is 0.461. The van der Waals surface area contributed by atoms with Crippen LogP contribution in [0.4, 0.5) is 0 Å². The van der Waals surface area contributed by atoms with Gasteiger partial charge in [0.25, 0.3) is 11.7 Å². The maximum atomic E-state index is 13.5. The fourth-order valence-electron chi connectivity index (χ4n) is 5.12. The van der Waals surface area contributed by atoms with Crippen LogP contribution in [0.15, 0.2) is 42.0 Å². The molecule has 0 unspecified atom stereocenters. The summed E-state index contributed by atoms with van der Waals surface area (Å²) in [6, 6.07) is 9.53. The number of ketones is 1. The topological polar surface area (TPSA) is 107 Å². The Morgan fingerprint density at radius 3 is 2.36 bits per heavy atom. The van der Waals surface area contributed by atoms with Gasteiger partial charge < -0.3 is 33.7 Å². The fourth-order valence-corrected chi connectivity index (χ4v) is 5.12. The van der Waals surface area contributed by atoms with Crippen molar-refractivity contribution in [3.63, 3.8) is 0 Å². The molecule has 2 aromatic rings. The van der Waals surface area contributed by atoms with E-state index in [0.717, 1.165) is 13.1 Å². The molecule has 1 amide bonds. The fraction of sp³-hybridized carbons (Fsp3) is 0.448. The van der Waals surface area contributed by atoms with Gasteiger partial charge in [0.05, 0.1) is 38.0 Å². The van der Waals surface area contributed by atoms with E-state index < -0.39 is 17.7 Å². The molecule has 10 heteroatoms. The van der Waals surface area contributed by atoms with Gasteiger partial charge in [-0.2, -0.15) is 0 Å². The van der Waals surface area contributed by atoms with Crippen molar-refractivity contribution < 1.29 is 38.4 Å². The molecule has 0 bridgehead atoms. The third-order valence-electron chi connectivity index (χ3n) is 7.00. The Kier molecular flexibility index (Phi) is 8.23. The summed E-state index contributed by atoms with van der Waals surface area (Å²) in [5.41, 5.74) is 1.03. The van der Waals surface area contributed by atoms with Crippen LogP contribution in [-0.4, -0.2) is 92.4 Å². The standard InChI is InChI=1S/C29H34N2O8/c1-3-36-21-7-5-19(17-23(21)37-4-2)26-25(27(32)20-6-8-22-24(18-20)39-16-15-38-22)28(33)29(34)31(26)10-9-30-11-13-35-14-12-30/h5-8,17-18,26,32H,3-4,9-16H2,1-2H3/t26-/m1/s1. The Morgan fingerprint density at radius 1 is 0.897 bits per heavy atom. The predicted molar refractivity (Wildman–Crippen MR) is 142 cm³/mol. The van der Waals surface area contributed by atoms with Crippen molar-refractivity contribution in [2.24, 2.45) is 0 Å². The van der Waals surface area contributed by atoms with Crippen molar-refractivity contribution in [1.82, 2.24) is 9.80 Å². The van der Waals surface area contributed by atoms with Crippen molar-refractivity contribution >= 4 is 17.4 Å². The molecular formula is C29H34N2O8. The Labute approximate surface area is 227 Å². The molecule has 208 valence electrons. The van der Waals surface area contributed by atoms with Crippen molar-refractivity contribution in [1.29, 1.82) is 0 Å². The number of ether oxygens (including phenoxy) is 5. The first-order valence-corrected chi connectivity index (χ1v) is 13.4. The maximum Gasteiger partial charge on any atom is 0.295 e. The van der Waals surface area contributed by atoms with Gasteiger partial charge in [0, 0.05) is 31.7 Å². The molecule has 2 saturated heterocycles. The second-order valence-electron chi connectivity index (χ2n) is 9.38. The molecule has 10 nitrogen and oxygen atoms in total. The Hall–Kier alpha value is -3.76. The van der Waals surface area contributed by atoms with Crippen LogP contribution in [0.25, 0.3) is 5.76 Å². The number of amides is 1. The maximum absolute atomic E-state index is 13.5. The van der Waals surface area contributed by atoms with Gasteiger partial charge in [0.2, 0.25) is 0 Å². The zero-order valence-corrected chi connectivity index (χ0v) is 22.3. The van der Waals surface area contributed by atoms with Crippen LogP contribution in [-0.2, 0) is 14.3 Å².